The van der Waals surface area contributed by atoms with E-state index >= 15 is 0 Å². The van der Waals surface area contributed by atoms with Crippen LogP contribution < -0.4 is 0 Å². The fraction of sp³-hybridized carbons (Fsp3) is 1.00. The Balaban J connectivity index is 3.03. The summed E-state index contributed by atoms with van der Waals surface area (Å²) in [7, 11) is 4.38. The summed E-state index contributed by atoms with van der Waals surface area (Å²) in [6.07, 6.45) is 21.7. The highest BCUT2D eigenvalue weighted by Gasteiger charge is 2.02. The lowest BCUT2D eigenvalue weighted by atomic mass is 10.0. The molecule has 0 aromatic heterocycles. The van der Waals surface area contributed by atoms with Crippen LogP contribution in [0.15, 0.2) is 0 Å². The molecule has 21 heavy (non-hydrogen) atoms. The predicted octanol–water partition coefficient (Wildman–Crippen LogP) is 6.81. The van der Waals surface area contributed by atoms with Crippen molar-refractivity contribution in [2.75, 3.05) is 14.1 Å². The standard InChI is InChI=1S/C20H43N/c1-5-6-7-8-9-10-11-12-13-14-15-16-17-18-19-20(2)21(3)4/h20H,5-19H2,1-4H3. The lowest BCUT2D eigenvalue weighted by Crippen LogP contribution is -2.24. The second-order valence-corrected chi connectivity index (χ2v) is 7.20. The first kappa shape index (κ1) is 21.0. The lowest BCUT2D eigenvalue weighted by Gasteiger charge is -2.19. The zero-order chi connectivity index (χ0) is 15.8. The van der Waals surface area contributed by atoms with Gasteiger partial charge in [0.15, 0.2) is 0 Å². The molecular formula is C20H43N. The molecule has 1 heteroatoms. The van der Waals surface area contributed by atoms with Crippen molar-refractivity contribution in [1.82, 2.24) is 4.90 Å². The van der Waals surface area contributed by atoms with Gasteiger partial charge >= 0.3 is 0 Å². The van der Waals surface area contributed by atoms with Gasteiger partial charge in [0.25, 0.3) is 0 Å². The van der Waals surface area contributed by atoms with Crippen LogP contribution in [0.1, 0.15) is 110 Å². The van der Waals surface area contributed by atoms with Crippen LogP contribution in [0.5, 0.6) is 0 Å². The molecule has 0 N–H and O–H groups in total. The smallest absolute Gasteiger partial charge is 0.00608 e. The van der Waals surface area contributed by atoms with E-state index in [1.165, 1.54) is 96.3 Å². The molecule has 0 aliphatic heterocycles. The molecule has 0 bridgehead atoms. The quantitative estimate of drug-likeness (QED) is 0.283. The van der Waals surface area contributed by atoms with Gasteiger partial charge in [-0.05, 0) is 27.4 Å². The molecule has 0 aliphatic rings. The molecule has 0 aromatic carbocycles. The molecule has 0 heterocycles. The van der Waals surface area contributed by atoms with Gasteiger partial charge in [-0.2, -0.15) is 0 Å². The molecule has 0 amide bonds. The number of nitrogens with zero attached hydrogens (tertiary/aromatic N) is 1. The average molecular weight is 298 g/mol. The van der Waals surface area contributed by atoms with Crippen molar-refractivity contribution in [2.45, 2.75) is 116 Å². The summed E-state index contributed by atoms with van der Waals surface area (Å²) in [5.41, 5.74) is 0. The van der Waals surface area contributed by atoms with E-state index in [4.69, 9.17) is 0 Å². The molecule has 1 atom stereocenters. The van der Waals surface area contributed by atoms with Crippen molar-refractivity contribution in [3.8, 4) is 0 Å². The van der Waals surface area contributed by atoms with Gasteiger partial charge in [-0.1, -0.05) is 96.8 Å². The molecule has 128 valence electrons. The zero-order valence-corrected chi connectivity index (χ0v) is 15.6. The van der Waals surface area contributed by atoms with E-state index in [1.807, 2.05) is 0 Å². The van der Waals surface area contributed by atoms with E-state index < -0.39 is 0 Å². The van der Waals surface area contributed by atoms with Gasteiger partial charge < -0.3 is 4.90 Å². The number of hydrogen-bond acceptors (Lipinski definition) is 1. The molecule has 0 aromatic rings. The van der Waals surface area contributed by atoms with Gasteiger partial charge in [0, 0.05) is 6.04 Å². The van der Waals surface area contributed by atoms with Crippen LogP contribution in [0, 0.1) is 0 Å². The van der Waals surface area contributed by atoms with Crippen LogP contribution in [-0.2, 0) is 0 Å². The molecule has 1 unspecified atom stereocenters. The second kappa shape index (κ2) is 16.3. The Morgan fingerprint density at radius 1 is 0.571 bits per heavy atom. The molecule has 0 fully saturated rings. The van der Waals surface area contributed by atoms with Gasteiger partial charge in [-0.25, -0.2) is 0 Å². The van der Waals surface area contributed by atoms with Crippen LogP contribution in [0.4, 0.5) is 0 Å². The SMILES string of the molecule is CCCCCCCCCCCCCCCCC(C)N(C)C. The number of hydrogen-bond donors (Lipinski definition) is 0. The summed E-state index contributed by atoms with van der Waals surface area (Å²) in [4.78, 5) is 2.34. The van der Waals surface area contributed by atoms with E-state index in [2.05, 4.69) is 32.8 Å². The summed E-state index contributed by atoms with van der Waals surface area (Å²) >= 11 is 0. The van der Waals surface area contributed by atoms with Crippen molar-refractivity contribution in [3.05, 3.63) is 0 Å². The summed E-state index contributed by atoms with van der Waals surface area (Å²) in [6.45, 7) is 4.63. The van der Waals surface area contributed by atoms with E-state index in [1.54, 1.807) is 0 Å². The minimum absolute atomic E-state index is 0.752. The molecule has 0 rings (SSSR count). The summed E-state index contributed by atoms with van der Waals surface area (Å²) < 4.78 is 0. The third-order valence-electron chi connectivity index (χ3n) is 4.86. The molecule has 0 radical (unpaired) electrons. The predicted molar refractivity (Wildman–Crippen MR) is 98.1 cm³/mol. The first-order valence-electron chi connectivity index (χ1n) is 9.85. The normalized spacial score (nSPS) is 13.0. The average Bonchev–Trinajstić information content (AvgIpc) is 2.47. The third-order valence-corrected chi connectivity index (χ3v) is 4.86. The monoisotopic (exact) mass is 297 g/mol. The van der Waals surface area contributed by atoms with Gasteiger partial charge in [-0.15, -0.1) is 0 Å². The van der Waals surface area contributed by atoms with Gasteiger partial charge in [0.2, 0.25) is 0 Å². The maximum Gasteiger partial charge on any atom is 0.00608 e. The van der Waals surface area contributed by atoms with Gasteiger partial charge in [-0.3, -0.25) is 0 Å². The van der Waals surface area contributed by atoms with Crippen LogP contribution in [-0.4, -0.2) is 25.0 Å². The topological polar surface area (TPSA) is 3.24 Å². The van der Waals surface area contributed by atoms with E-state index in [9.17, 15) is 0 Å². The second-order valence-electron chi connectivity index (χ2n) is 7.20. The fourth-order valence-electron chi connectivity index (χ4n) is 2.89. The van der Waals surface area contributed by atoms with Gasteiger partial charge in [0.1, 0.15) is 0 Å². The highest BCUT2D eigenvalue weighted by Crippen LogP contribution is 2.14. The maximum absolute atomic E-state index is 2.34. The molecule has 0 saturated carbocycles. The Morgan fingerprint density at radius 3 is 1.24 bits per heavy atom. The van der Waals surface area contributed by atoms with Crippen LogP contribution in [0.25, 0.3) is 0 Å². The number of unbranched alkanes of at least 4 members (excludes halogenated alkanes) is 13. The Morgan fingerprint density at radius 2 is 0.905 bits per heavy atom. The number of rotatable bonds is 16. The van der Waals surface area contributed by atoms with Crippen LogP contribution in [0.3, 0.4) is 0 Å². The highest BCUT2D eigenvalue weighted by molar-refractivity contribution is 4.59. The lowest BCUT2D eigenvalue weighted by molar-refractivity contribution is 0.291. The van der Waals surface area contributed by atoms with E-state index in [-0.39, 0.29) is 0 Å². The summed E-state index contributed by atoms with van der Waals surface area (Å²) in [6, 6.07) is 0.752. The van der Waals surface area contributed by atoms with Crippen molar-refractivity contribution >= 4 is 0 Å². The minimum Gasteiger partial charge on any atom is -0.307 e. The Bertz CT molecular complexity index is 188. The first-order valence-corrected chi connectivity index (χ1v) is 9.85. The summed E-state index contributed by atoms with van der Waals surface area (Å²) in [5, 5.41) is 0. The zero-order valence-electron chi connectivity index (χ0n) is 15.6. The van der Waals surface area contributed by atoms with Crippen molar-refractivity contribution < 1.29 is 0 Å². The van der Waals surface area contributed by atoms with Gasteiger partial charge in [0.05, 0.1) is 0 Å². The minimum atomic E-state index is 0.752. The first-order chi connectivity index (χ1) is 10.2. The maximum atomic E-state index is 2.34. The third kappa shape index (κ3) is 16.2. The van der Waals surface area contributed by atoms with E-state index in [0.29, 0.717) is 0 Å². The molecule has 0 aliphatic carbocycles. The summed E-state index contributed by atoms with van der Waals surface area (Å²) in [5.74, 6) is 0. The van der Waals surface area contributed by atoms with Crippen LogP contribution >= 0.6 is 0 Å². The molecular weight excluding hydrogens is 254 g/mol. The Kier molecular flexibility index (Phi) is 16.3. The Labute approximate surface area is 135 Å². The molecule has 0 saturated heterocycles. The fourth-order valence-corrected chi connectivity index (χ4v) is 2.89. The highest BCUT2D eigenvalue weighted by atomic mass is 15.1. The van der Waals surface area contributed by atoms with Crippen LogP contribution in [0.2, 0.25) is 0 Å². The molecule has 0 spiro atoms. The van der Waals surface area contributed by atoms with Crippen molar-refractivity contribution in [3.63, 3.8) is 0 Å². The Hall–Kier alpha value is -0.0400. The van der Waals surface area contributed by atoms with Crippen molar-refractivity contribution in [1.29, 1.82) is 0 Å². The largest absolute Gasteiger partial charge is 0.307 e. The van der Waals surface area contributed by atoms with E-state index in [0.717, 1.165) is 6.04 Å². The molecule has 1 nitrogen and oxygen atoms in total. The van der Waals surface area contributed by atoms with Crippen molar-refractivity contribution in [2.24, 2.45) is 0 Å².